The molecule has 0 heterocycles. The SMILES string of the molecule is Fc1cc(OCCCc2ccccc2)ccc1Br. The zero-order valence-corrected chi connectivity index (χ0v) is 11.5. The molecule has 3 heteroatoms. The lowest BCUT2D eigenvalue weighted by Crippen LogP contribution is -1.99. The molecule has 0 aromatic heterocycles. The van der Waals surface area contributed by atoms with Gasteiger partial charge in [0.05, 0.1) is 11.1 Å². The number of aryl methyl sites for hydroxylation is 1. The topological polar surface area (TPSA) is 9.23 Å². The number of hydrogen-bond acceptors (Lipinski definition) is 1. The highest BCUT2D eigenvalue weighted by molar-refractivity contribution is 9.10. The van der Waals surface area contributed by atoms with Crippen LogP contribution in [0.2, 0.25) is 0 Å². The van der Waals surface area contributed by atoms with E-state index in [0.717, 1.165) is 12.8 Å². The first kappa shape index (κ1) is 13.1. The van der Waals surface area contributed by atoms with Gasteiger partial charge in [-0.2, -0.15) is 0 Å². The summed E-state index contributed by atoms with van der Waals surface area (Å²) in [6.45, 7) is 0.593. The van der Waals surface area contributed by atoms with Gasteiger partial charge in [-0.05, 0) is 46.5 Å². The summed E-state index contributed by atoms with van der Waals surface area (Å²) < 4.78 is 19.2. The molecule has 0 spiro atoms. The fraction of sp³-hybridized carbons (Fsp3) is 0.200. The minimum Gasteiger partial charge on any atom is -0.493 e. The van der Waals surface area contributed by atoms with Gasteiger partial charge in [0.1, 0.15) is 11.6 Å². The molecule has 18 heavy (non-hydrogen) atoms. The van der Waals surface area contributed by atoms with E-state index in [1.807, 2.05) is 18.2 Å². The summed E-state index contributed by atoms with van der Waals surface area (Å²) in [6, 6.07) is 15.1. The summed E-state index contributed by atoms with van der Waals surface area (Å²) in [6.07, 6.45) is 1.89. The predicted octanol–water partition coefficient (Wildman–Crippen LogP) is 4.60. The van der Waals surface area contributed by atoms with Gasteiger partial charge in [0.2, 0.25) is 0 Å². The van der Waals surface area contributed by atoms with Crippen LogP contribution in [0.4, 0.5) is 4.39 Å². The first-order valence-electron chi connectivity index (χ1n) is 5.87. The predicted molar refractivity (Wildman–Crippen MR) is 74.4 cm³/mol. The van der Waals surface area contributed by atoms with E-state index in [4.69, 9.17) is 4.74 Å². The minimum atomic E-state index is -0.296. The molecular weight excluding hydrogens is 295 g/mol. The molecule has 0 saturated heterocycles. The van der Waals surface area contributed by atoms with E-state index >= 15 is 0 Å². The Morgan fingerprint density at radius 3 is 2.56 bits per heavy atom. The zero-order valence-electron chi connectivity index (χ0n) is 9.90. The molecule has 0 radical (unpaired) electrons. The molecule has 0 aliphatic carbocycles. The van der Waals surface area contributed by atoms with Crippen molar-refractivity contribution in [3.63, 3.8) is 0 Å². The van der Waals surface area contributed by atoms with Crippen molar-refractivity contribution in [3.8, 4) is 5.75 Å². The lowest BCUT2D eigenvalue weighted by Gasteiger charge is -2.06. The van der Waals surface area contributed by atoms with Gasteiger partial charge in [0.25, 0.3) is 0 Å². The molecule has 94 valence electrons. The Balaban J connectivity index is 1.77. The summed E-state index contributed by atoms with van der Waals surface area (Å²) in [5.74, 6) is 0.277. The zero-order chi connectivity index (χ0) is 12.8. The molecule has 0 saturated carbocycles. The van der Waals surface area contributed by atoms with Gasteiger partial charge >= 0.3 is 0 Å². The number of rotatable bonds is 5. The van der Waals surface area contributed by atoms with E-state index in [1.165, 1.54) is 11.6 Å². The molecule has 1 nitrogen and oxygen atoms in total. The molecule has 0 fully saturated rings. The molecule has 2 aromatic rings. The second-order valence-corrected chi connectivity index (χ2v) is 4.87. The summed E-state index contributed by atoms with van der Waals surface area (Å²) in [5, 5.41) is 0. The van der Waals surface area contributed by atoms with Crippen molar-refractivity contribution < 1.29 is 9.13 Å². The Hall–Kier alpha value is -1.35. The first-order chi connectivity index (χ1) is 8.75. The van der Waals surface area contributed by atoms with E-state index < -0.39 is 0 Å². The van der Waals surface area contributed by atoms with E-state index in [9.17, 15) is 4.39 Å². The van der Waals surface area contributed by atoms with Crippen LogP contribution < -0.4 is 4.74 Å². The monoisotopic (exact) mass is 308 g/mol. The van der Waals surface area contributed by atoms with Crippen LogP contribution in [0.5, 0.6) is 5.75 Å². The second kappa shape index (κ2) is 6.55. The quantitative estimate of drug-likeness (QED) is 0.734. The third-order valence-corrected chi connectivity index (χ3v) is 3.26. The molecule has 0 bridgehead atoms. The van der Waals surface area contributed by atoms with Crippen molar-refractivity contribution in [2.75, 3.05) is 6.61 Å². The Kier molecular flexibility index (Phi) is 4.76. The average molecular weight is 309 g/mol. The van der Waals surface area contributed by atoms with Crippen LogP contribution in [0.15, 0.2) is 53.0 Å². The largest absolute Gasteiger partial charge is 0.493 e. The van der Waals surface area contributed by atoms with Crippen molar-refractivity contribution in [2.45, 2.75) is 12.8 Å². The number of ether oxygens (including phenoxy) is 1. The van der Waals surface area contributed by atoms with Crippen LogP contribution in [-0.2, 0) is 6.42 Å². The molecule has 0 aliphatic heterocycles. The van der Waals surface area contributed by atoms with Crippen molar-refractivity contribution in [1.82, 2.24) is 0 Å². The maximum Gasteiger partial charge on any atom is 0.141 e. The second-order valence-electron chi connectivity index (χ2n) is 4.01. The summed E-state index contributed by atoms with van der Waals surface area (Å²) >= 11 is 3.11. The fourth-order valence-corrected chi connectivity index (χ4v) is 1.92. The highest BCUT2D eigenvalue weighted by Crippen LogP contribution is 2.21. The van der Waals surface area contributed by atoms with Crippen LogP contribution in [0.1, 0.15) is 12.0 Å². The maximum absolute atomic E-state index is 13.2. The van der Waals surface area contributed by atoms with Crippen LogP contribution in [0, 0.1) is 5.82 Å². The smallest absolute Gasteiger partial charge is 0.141 e. The Morgan fingerprint density at radius 1 is 1.06 bits per heavy atom. The van der Waals surface area contributed by atoms with Crippen molar-refractivity contribution in [3.05, 3.63) is 64.4 Å². The molecule has 0 atom stereocenters. The van der Waals surface area contributed by atoms with E-state index in [2.05, 4.69) is 28.1 Å². The molecule has 0 amide bonds. The molecule has 2 aromatic carbocycles. The third-order valence-electron chi connectivity index (χ3n) is 2.61. The normalized spacial score (nSPS) is 10.3. The fourth-order valence-electron chi connectivity index (χ4n) is 1.68. The average Bonchev–Trinajstić information content (AvgIpc) is 2.40. The highest BCUT2D eigenvalue weighted by Gasteiger charge is 2.01. The van der Waals surface area contributed by atoms with Crippen LogP contribution >= 0.6 is 15.9 Å². The molecule has 0 unspecified atom stereocenters. The maximum atomic E-state index is 13.2. The van der Waals surface area contributed by atoms with E-state index in [-0.39, 0.29) is 5.82 Å². The molecule has 0 aliphatic rings. The van der Waals surface area contributed by atoms with E-state index in [1.54, 1.807) is 12.1 Å². The van der Waals surface area contributed by atoms with Crippen molar-refractivity contribution >= 4 is 15.9 Å². The van der Waals surface area contributed by atoms with Crippen LogP contribution in [0.25, 0.3) is 0 Å². The van der Waals surface area contributed by atoms with Gasteiger partial charge in [0, 0.05) is 6.07 Å². The van der Waals surface area contributed by atoms with Gasteiger partial charge in [-0.15, -0.1) is 0 Å². The number of benzene rings is 2. The van der Waals surface area contributed by atoms with Gasteiger partial charge in [-0.3, -0.25) is 0 Å². The lowest BCUT2D eigenvalue weighted by atomic mass is 10.1. The summed E-state index contributed by atoms with van der Waals surface area (Å²) in [4.78, 5) is 0. The van der Waals surface area contributed by atoms with Gasteiger partial charge in [0.15, 0.2) is 0 Å². The van der Waals surface area contributed by atoms with Crippen LogP contribution in [-0.4, -0.2) is 6.61 Å². The Labute approximate surface area is 115 Å². The van der Waals surface area contributed by atoms with Crippen molar-refractivity contribution in [1.29, 1.82) is 0 Å². The van der Waals surface area contributed by atoms with Crippen molar-refractivity contribution in [2.24, 2.45) is 0 Å². The Morgan fingerprint density at radius 2 is 1.83 bits per heavy atom. The Bertz CT molecular complexity index is 499. The van der Waals surface area contributed by atoms with Gasteiger partial charge in [-0.25, -0.2) is 4.39 Å². The third kappa shape index (κ3) is 3.84. The minimum absolute atomic E-state index is 0.296. The standard InChI is InChI=1S/C15H14BrFO/c16-14-9-8-13(11-15(14)17)18-10-4-7-12-5-2-1-3-6-12/h1-3,5-6,8-9,11H,4,7,10H2. The van der Waals surface area contributed by atoms with E-state index in [0.29, 0.717) is 16.8 Å². The van der Waals surface area contributed by atoms with Gasteiger partial charge in [-0.1, -0.05) is 30.3 Å². The first-order valence-corrected chi connectivity index (χ1v) is 6.67. The lowest BCUT2D eigenvalue weighted by molar-refractivity contribution is 0.309. The molecule has 0 N–H and O–H groups in total. The molecule has 2 rings (SSSR count). The molecular formula is C15H14BrFO. The number of hydrogen-bond donors (Lipinski definition) is 0. The van der Waals surface area contributed by atoms with Gasteiger partial charge < -0.3 is 4.74 Å². The number of halogens is 2. The summed E-state index contributed by atoms with van der Waals surface area (Å²) in [7, 11) is 0. The van der Waals surface area contributed by atoms with Crippen LogP contribution in [0.3, 0.4) is 0 Å². The highest BCUT2D eigenvalue weighted by atomic mass is 79.9. The summed E-state index contributed by atoms with van der Waals surface area (Å²) in [5.41, 5.74) is 1.29.